The predicted molar refractivity (Wildman–Crippen MR) is 127 cm³/mol. The van der Waals surface area contributed by atoms with E-state index in [2.05, 4.69) is 15.4 Å². The molecule has 33 heavy (non-hydrogen) atoms. The minimum atomic E-state index is -3.84. The van der Waals surface area contributed by atoms with Crippen LogP contribution < -0.4 is 16.1 Å². The molecule has 0 spiro atoms. The lowest BCUT2D eigenvalue weighted by molar-refractivity contribution is -0.117. The van der Waals surface area contributed by atoms with Crippen molar-refractivity contribution in [2.45, 2.75) is 51.5 Å². The van der Waals surface area contributed by atoms with E-state index in [0.717, 1.165) is 27.1 Å². The Labute approximate surface area is 194 Å². The first kappa shape index (κ1) is 23.1. The van der Waals surface area contributed by atoms with Gasteiger partial charge in [-0.3, -0.25) is 15.0 Å². The summed E-state index contributed by atoms with van der Waals surface area (Å²) in [6.07, 6.45) is 2.55. The van der Waals surface area contributed by atoms with Crippen LogP contribution in [-0.4, -0.2) is 33.5 Å². The quantitative estimate of drug-likeness (QED) is 0.408. The second kappa shape index (κ2) is 8.69. The topological polar surface area (TPSA) is 142 Å². The van der Waals surface area contributed by atoms with E-state index in [1.54, 1.807) is 6.07 Å². The van der Waals surface area contributed by atoms with Crippen molar-refractivity contribution in [1.82, 2.24) is 19.2 Å². The maximum Gasteiger partial charge on any atom is 0.281 e. The zero-order valence-corrected chi connectivity index (χ0v) is 20.1. The lowest BCUT2D eigenvalue weighted by Crippen LogP contribution is -2.33. The van der Waals surface area contributed by atoms with Gasteiger partial charge in [-0.2, -0.15) is 0 Å². The van der Waals surface area contributed by atoms with Gasteiger partial charge in [0, 0.05) is 24.3 Å². The number of hydrogen-bond acceptors (Lipinski definition) is 7. The Hall–Kier alpha value is -3.09. The summed E-state index contributed by atoms with van der Waals surface area (Å²) in [5.41, 5.74) is 4.42. The molecule has 10 nitrogen and oxygen atoms in total. The zero-order valence-electron chi connectivity index (χ0n) is 18.5. The molecular weight excluding hydrogens is 464 g/mol. The number of nitrogens with zero attached hydrogens (tertiary/aromatic N) is 4. The second-order valence-corrected chi connectivity index (χ2v) is 10.6. The number of nitrogens with two attached hydrogens (primary N) is 1. The van der Waals surface area contributed by atoms with Gasteiger partial charge in [-0.05, 0) is 44.0 Å². The van der Waals surface area contributed by atoms with Crippen molar-refractivity contribution in [3.63, 3.8) is 0 Å². The first-order valence-electron chi connectivity index (χ1n) is 10.4. The van der Waals surface area contributed by atoms with E-state index >= 15 is 0 Å². The summed E-state index contributed by atoms with van der Waals surface area (Å²) in [4.78, 5) is 35.9. The molecule has 0 saturated carbocycles. The molecule has 12 heteroatoms. The maximum absolute atomic E-state index is 12.8. The highest BCUT2D eigenvalue weighted by Gasteiger charge is 2.17. The van der Waals surface area contributed by atoms with Gasteiger partial charge in [0.25, 0.3) is 5.56 Å². The number of carbonyl (C=O) groups excluding carboxylic acids is 1. The van der Waals surface area contributed by atoms with Crippen LogP contribution >= 0.6 is 11.3 Å². The molecule has 0 fully saturated rings. The van der Waals surface area contributed by atoms with Crippen molar-refractivity contribution in [3.8, 4) is 0 Å². The molecule has 0 atom stereocenters. The van der Waals surface area contributed by atoms with Crippen molar-refractivity contribution in [2.24, 2.45) is 5.14 Å². The van der Waals surface area contributed by atoms with Gasteiger partial charge in [0.15, 0.2) is 0 Å². The van der Waals surface area contributed by atoms with Gasteiger partial charge in [0.05, 0.1) is 21.3 Å². The van der Waals surface area contributed by atoms with Crippen LogP contribution in [0.2, 0.25) is 0 Å². The van der Waals surface area contributed by atoms with Crippen LogP contribution in [0.3, 0.4) is 0 Å². The van der Waals surface area contributed by atoms with Gasteiger partial charge >= 0.3 is 0 Å². The fraction of sp³-hybridized carbons (Fsp3) is 0.333. The number of thiophene rings is 1. The Bertz CT molecular complexity index is 1550. The third kappa shape index (κ3) is 4.41. The van der Waals surface area contributed by atoms with E-state index in [0.29, 0.717) is 34.5 Å². The molecule has 4 rings (SSSR count). The minimum absolute atomic E-state index is 0.0123. The number of primary sulfonamides is 1. The Morgan fingerprint density at radius 2 is 2.03 bits per heavy atom. The van der Waals surface area contributed by atoms with Crippen LogP contribution in [-0.2, 0) is 27.8 Å². The number of rotatable bonds is 7. The van der Waals surface area contributed by atoms with Crippen LogP contribution in [0.4, 0.5) is 0 Å². The van der Waals surface area contributed by atoms with Crippen molar-refractivity contribution in [1.29, 1.82) is 0 Å². The largest absolute Gasteiger partial charge is 0.328 e. The van der Waals surface area contributed by atoms with E-state index in [4.69, 9.17) is 5.14 Å². The summed E-state index contributed by atoms with van der Waals surface area (Å²) in [7, 11) is -3.84. The second-order valence-electron chi connectivity index (χ2n) is 7.79. The SMILES string of the molecule is CCCn1c(CCC(=O)Nn2cnc3sc(C)c(C)c3c2=O)nc2cc(S(N)(=O)=O)ccc21. The number of amides is 1. The first-order valence-corrected chi connectivity index (χ1v) is 12.8. The highest BCUT2D eigenvalue weighted by molar-refractivity contribution is 7.89. The third-order valence-electron chi connectivity index (χ3n) is 5.49. The lowest BCUT2D eigenvalue weighted by atomic mass is 10.2. The molecule has 4 aromatic rings. The molecule has 0 radical (unpaired) electrons. The Balaban J connectivity index is 1.56. The van der Waals surface area contributed by atoms with Gasteiger partial charge in [-0.25, -0.2) is 28.2 Å². The molecule has 0 saturated heterocycles. The summed E-state index contributed by atoms with van der Waals surface area (Å²) >= 11 is 1.44. The predicted octanol–water partition coefficient (Wildman–Crippen LogP) is 2.18. The summed E-state index contributed by atoms with van der Waals surface area (Å²) in [5, 5.41) is 5.74. The molecule has 1 aromatic carbocycles. The number of hydrogen-bond donors (Lipinski definition) is 2. The van der Waals surface area contributed by atoms with Crippen LogP contribution in [0.15, 0.2) is 34.2 Å². The number of benzene rings is 1. The van der Waals surface area contributed by atoms with E-state index in [9.17, 15) is 18.0 Å². The molecule has 0 unspecified atom stereocenters. The number of imidazole rings is 1. The van der Waals surface area contributed by atoms with Gasteiger partial charge in [-0.15, -0.1) is 11.3 Å². The molecule has 174 valence electrons. The van der Waals surface area contributed by atoms with Gasteiger partial charge in [0.1, 0.15) is 17.0 Å². The Morgan fingerprint density at radius 1 is 1.27 bits per heavy atom. The number of carbonyl (C=O) groups is 1. The third-order valence-corrected chi connectivity index (χ3v) is 7.51. The highest BCUT2D eigenvalue weighted by Crippen LogP contribution is 2.25. The van der Waals surface area contributed by atoms with Crippen molar-refractivity contribution < 1.29 is 13.2 Å². The van der Waals surface area contributed by atoms with E-state index < -0.39 is 10.0 Å². The fourth-order valence-corrected chi connectivity index (χ4v) is 5.25. The van der Waals surface area contributed by atoms with Crippen molar-refractivity contribution in [3.05, 3.63) is 51.1 Å². The molecule has 3 N–H and O–H groups in total. The van der Waals surface area contributed by atoms with Crippen LogP contribution in [0.5, 0.6) is 0 Å². The number of aryl methyl sites for hydroxylation is 4. The maximum atomic E-state index is 12.8. The Morgan fingerprint density at radius 3 is 2.73 bits per heavy atom. The lowest BCUT2D eigenvalue weighted by Gasteiger charge is -2.09. The zero-order chi connectivity index (χ0) is 23.9. The summed E-state index contributed by atoms with van der Waals surface area (Å²) < 4.78 is 26.4. The van der Waals surface area contributed by atoms with E-state index in [-0.39, 0.29) is 22.8 Å². The molecule has 0 bridgehead atoms. The number of fused-ring (bicyclic) bond motifs is 2. The molecule has 0 aliphatic carbocycles. The monoisotopic (exact) mass is 488 g/mol. The van der Waals surface area contributed by atoms with Gasteiger partial charge in [0.2, 0.25) is 15.9 Å². The average Bonchev–Trinajstić information content (AvgIpc) is 3.25. The molecule has 0 aliphatic rings. The summed E-state index contributed by atoms with van der Waals surface area (Å²) in [6.45, 7) is 6.48. The standard InChI is InChI=1S/C21H24N6O4S2/c1-4-9-26-16-6-5-14(33(22,30)31)10-15(16)24-17(26)7-8-18(28)25-27-11-23-20-19(21(27)29)12(2)13(3)32-20/h5-6,10-11H,4,7-9H2,1-3H3,(H,25,28)(H2,22,30,31). The first-order chi connectivity index (χ1) is 15.6. The van der Waals surface area contributed by atoms with Crippen molar-refractivity contribution in [2.75, 3.05) is 5.43 Å². The molecule has 3 heterocycles. The minimum Gasteiger partial charge on any atom is -0.328 e. The number of sulfonamides is 1. The average molecular weight is 489 g/mol. The molecule has 3 aromatic heterocycles. The molecule has 0 aliphatic heterocycles. The van der Waals surface area contributed by atoms with Crippen LogP contribution in [0, 0.1) is 13.8 Å². The van der Waals surface area contributed by atoms with Gasteiger partial charge < -0.3 is 4.57 Å². The number of aromatic nitrogens is 4. The van der Waals surface area contributed by atoms with E-state index in [1.165, 1.54) is 29.8 Å². The Kier molecular flexibility index (Phi) is 6.08. The summed E-state index contributed by atoms with van der Waals surface area (Å²) in [5.74, 6) is 0.294. The smallest absolute Gasteiger partial charge is 0.281 e. The van der Waals surface area contributed by atoms with Gasteiger partial charge in [-0.1, -0.05) is 6.92 Å². The summed E-state index contributed by atoms with van der Waals surface area (Å²) in [6, 6.07) is 4.56. The highest BCUT2D eigenvalue weighted by atomic mass is 32.2. The van der Waals surface area contributed by atoms with Crippen LogP contribution in [0.25, 0.3) is 21.3 Å². The number of nitrogens with one attached hydrogen (secondary N) is 1. The molecule has 1 amide bonds. The van der Waals surface area contributed by atoms with Crippen molar-refractivity contribution >= 4 is 48.5 Å². The molecular formula is C21H24N6O4S2. The fourth-order valence-electron chi connectivity index (χ4n) is 3.73. The van der Waals surface area contributed by atoms with Crippen LogP contribution in [0.1, 0.15) is 36.0 Å². The normalized spacial score (nSPS) is 12.0. The van der Waals surface area contributed by atoms with E-state index in [1.807, 2.05) is 25.3 Å².